The maximum absolute atomic E-state index is 8.74. The molecule has 1 rings (SSSR count). The smallest absolute Gasteiger partial charge is 0.0954 e. The van der Waals surface area contributed by atoms with Crippen molar-refractivity contribution in [3.05, 3.63) is 41.5 Å². The van der Waals surface area contributed by atoms with Gasteiger partial charge in [0.05, 0.1) is 6.07 Å². The molecule has 13 heavy (non-hydrogen) atoms. The lowest BCUT2D eigenvalue weighted by Gasteiger charge is -2.00. The zero-order valence-electron chi connectivity index (χ0n) is 7.19. The van der Waals surface area contributed by atoms with Gasteiger partial charge in [-0.15, -0.1) is 0 Å². The van der Waals surface area contributed by atoms with E-state index < -0.39 is 0 Å². The normalized spacial score (nSPS) is 12.0. The van der Waals surface area contributed by atoms with Crippen molar-refractivity contribution in [2.45, 2.75) is 6.92 Å². The third kappa shape index (κ3) is 2.45. The molecule has 1 nitrogen and oxygen atoms in total. The maximum Gasteiger partial charge on any atom is 0.0954 e. The van der Waals surface area contributed by atoms with Gasteiger partial charge in [0.15, 0.2) is 0 Å². The van der Waals surface area contributed by atoms with E-state index in [0.717, 1.165) is 18.2 Å². The lowest BCUT2D eigenvalue weighted by Crippen LogP contribution is -1.79. The summed E-state index contributed by atoms with van der Waals surface area (Å²) in [4.78, 5) is 0. The Morgan fingerprint density at radius 1 is 1.38 bits per heavy atom. The van der Waals surface area contributed by atoms with E-state index in [1.807, 2.05) is 30.3 Å². The molecule has 0 bridgehead atoms. The number of hydrogen-bond donors (Lipinski definition) is 0. The van der Waals surface area contributed by atoms with E-state index >= 15 is 0 Å². The second-order valence-corrected chi connectivity index (χ2v) is 3.72. The number of benzene rings is 1. The third-order valence-electron chi connectivity index (χ3n) is 1.66. The van der Waals surface area contributed by atoms with Crippen molar-refractivity contribution in [1.82, 2.24) is 0 Å². The molecule has 0 unspecified atom stereocenters. The van der Waals surface area contributed by atoms with Crippen molar-refractivity contribution >= 4 is 24.5 Å². The van der Waals surface area contributed by atoms with Gasteiger partial charge >= 0.3 is 0 Å². The molecule has 0 aliphatic rings. The van der Waals surface area contributed by atoms with Crippen LogP contribution in [-0.2, 0) is 11.8 Å². The Morgan fingerprint density at radius 3 is 2.46 bits per heavy atom. The van der Waals surface area contributed by atoms with Crippen LogP contribution < -0.4 is 0 Å². The van der Waals surface area contributed by atoms with Crippen molar-refractivity contribution in [2.75, 3.05) is 0 Å². The highest BCUT2D eigenvalue weighted by Gasteiger charge is 2.01. The van der Waals surface area contributed by atoms with Gasteiger partial charge in [-0.25, -0.2) is 0 Å². The Hall–Kier alpha value is -1.03. The van der Waals surface area contributed by atoms with E-state index in [4.69, 9.17) is 17.1 Å². The highest BCUT2D eigenvalue weighted by atomic mass is 32.4. The van der Waals surface area contributed by atoms with Gasteiger partial charge in [0, 0.05) is 18.2 Å². The van der Waals surface area contributed by atoms with Crippen LogP contribution in [0.15, 0.2) is 35.9 Å². The Morgan fingerprint density at radius 2 is 2.00 bits per heavy atom. The highest BCUT2D eigenvalue weighted by molar-refractivity contribution is 8.00. The van der Waals surface area contributed by atoms with Crippen LogP contribution in [0.4, 0.5) is 0 Å². The molecule has 0 N–H and O–H groups in total. The summed E-state index contributed by atoms with van der Waals surface area (Å²) < 4.78 is 0. The minimum atomic E-state index is 0.697. The molecule has 0 atom stereocenters. The van der Waals surface area contributed by atoms with Gasteiger partial charge in [-0.05, 0) is 12.5 Å². The Labute approximate surface area is 84.5 Å². The molecule has 3 heteroatoms. The highest BCUT2D eigenvalue weighted by Crippen LogP contribution is 2.28. The van der Waals surface area contributed by atoms with Gasteiger partial charge in [0.25, 0.3) is 0 Å². The van der Waals surface area contributed by atoms with Crippen LogP contribution in [-0.4, -0.2) is 0 Å². The summed E-state index contributed by atoms with van der Waals surface area (Å²) in [5.41, 5.74) is 1.74. The van der Waals surface area contributed by atoms with Crippen molar-refractivity contribution in [1.29, 1.82) is 5.26 Å². The van der Waals surface area contributed by atoms with E-state index in [9.17, 15) is 0 Å². The van der Waals surface area contributed by atoms with Crippen LogP contribution in [0.5, 0.6) is 0 Å². The minimum absolute atomic E-state index is 0.697. The molecule has 0 aliphatic heterocycles. The largest absolute Gasteiger partial charge is 0.193 e. The average Bonchev–Trinajstić information content (AvgIpc) is 2.20. The van der Waals surface area contributed by atoms with Gasteiger partial charge in [-0.3, -0.25) is 0 Å². The summed E-state index contributed by atoms with van der Waals surface area (Å²) >= 11 is 4.96. The topological polar surface area (TPSA) is 23.8 Å². The molecule has 1 aromatic carbocycles. The summed E-state index contributed by atoms with van der Waals surface area (Å²) in [5.74, 6) is 0. The third-order valence-corrected chi connectivity index (χ3v) is 2.99. The number of rotatable bonds is 2. The SMILES string of the molecule is CC(C#N)=C(P=S)c1ccccc1. The van der Waals surface area contributed by atoms with Crippen LogP contribution in [0.2, 0.25) is 0 Å². The molecule has 0 saturated carbocycles. The van der Waals surface area contributed by atoms with Gasteiger partial charge < -0.3 is 0 Å². The maximum atomic E-state index is 8.74. The van der Waals surface area contributed by atoms with Crippen molar-refractivity contribution in [3.8, 4) is 6.07 Å². The first kappa shape index (κ1) is 10.1. The molecule has 0 aliphatic carbocycles. The molecule has 64 valence electrons. The van der Waals surface area contributed by atoms with Gasteiger partial charge in [0.1, 0.15) is 0 Å². The van der Waals surface area contributed by atoms with E-state index in [1.165, 1.54) is 0 Å². The molecule has 0 heterocycles. The van der Waals surface area contributed by atoms with Gasteiger partial charge in [-0.2, -0.15) is 5.26 Å². The number of hydrogen-bond acceptors (Lipinski definition) is 2. The molecule has 0 aromatic heterocycles. The minimum Gasteiger partial charge on any atom is -0.193 e. The second kappa shape index (κ2) is 4.87. The average molecular weight is 205 g/mol. The molecule has 0 fully saturated rings. The predicted octanol–water partition coefficient (Wildman–Crippen LogP) is 3.35. The summed E-state index contributed by atoms with van der Waals surface area (Å²) in [6.07, 6.45) is 0. The summed E-state index contributed by atoms with van der Waals surface area (Å²) in [5, 5.41) is 9.67. The molecular formula is C10H8NPS. The lowest BCUT2D eigenvalue weighted by atomic mass is 10.1. The second-order valence-electron chi connectivity index (χ2n) is 2.54. The fourth-order valence-electron chi connectivity index (χ4n) is 0.987. The van der Waals surface area contributed by atoms with Crippen LogP contribution in [0.3, 0.4) is 0 Å². The number of allylic oxidation sites excluding steroid dienone is 1. The Balaban J connectivity index is 3.22. The molecule has 0 radical (unpaired) electrons. The summed E-state index contributed by atoms with van der Waals surface area (Å²) in [6.45, 7) is 1.79. The molecule has 0 saturated heterocycles. The molecule has 0 spiro atoms. The van der Waals surface area contributed by atoms with Crippen molar-refractivity contribution in [2.24, 2.45) is 0 Å². The quantitative estimate of drug-likeness (QED) is 0.546. The van der Waals surface area contributed by atoms with Crippen LogP contribution >= 0.6 is 7.36 Å². The van der Waals surface area contributed by atoms with Gasteiger partial charge in [0.2, 0.25) is 0 Å². The Kier molecular flexibility index (Phi) is 3.76. The van der Waals surface area contributed by atoms with E-state index in [-0.39, 0.29) is 0 Å². The first-order valence-electron chi connectivity index (χ1n) is 3.79. The first-order chi connectivity index (χ1) is 6.29. The predicted molar refractivity (Wildman–Crippen MR) is 58.9 cm³/mol. The van der Waals surface area contributed by atoms with Gasteiger partial charge in [-0.1, -0.05) is 42.1 Å². The number of nitrogens with zero attached hydrogens (tertiary/aromatic N) is 1. The molecule has 0 amide bonds. The lowest BCUT2D eigenvalue weighted by molar-refractivity contribution is 1.45. The van der Waals surface area contributed by atoms with E-state index in [0.29, 0.717) is 5.57 Å². The standard InChI is InChI=1S/C10H8NPS/c1-8(7-11)10(12-13)9-5-3-2-4-6-9/h2-6H,1H3. The zero-order chi connectivity index (χ0) is 9.68. The molecular weight excluding hydrogens is 197 g/mol. The fraction of sp³-hybridized carbons (Fsp3) is 0.100. The van der Waals surface area contributed by atoms with Crippen LogP contribution in [0.25, 0.3) is 5.31 Å². The zero-order valence-corrected chi connectivity index (χ0v) is 8.90. The fourth-order valence-corrected chi connectivity index (χ4v) is 2.16. The summed E-state index contributed by atoms with van der Waals surface area (Å²) in [6, 6.07) is 11.9. The van der Waals surface area contributed by atoms with Crippen molar-refractivity contribution in [3.63, 3.8) is 0 Å². The summed E-state index contributed by atoms with van der Waals surface area (Å²) in [7, 11) is 0.725. The van der Waals surface area contributed by atoms with Crippen LogP contribution in [0, 0.1) is 11.3 Å². The van der Waals surface area contributed by atoms with Crippen LogP contribution in [0.1, 0.15) is 12.5 Å². The van der Waals surface area contributed by atoms with Crippen molar-refractivity contribution < 1.29 is 0 Å². The number of nitriles is 1. The first-order valence-corrected chi connectivity index (χ1v) is 5.70. The molecule has 1 aromatic rings. The van der Waals surface area contributed by atoms with E-state index in [2.05, 4.69) is 6.07 Å². The van der Waals surface area contributed by atoms with E-state index in [1.54, 1.807) is 6.92 Å². The Bertz CT molecular complexity index is 376. The monoisotopic (exact) mass is 205 g/mol.